The van der Waals surface area contributed by atoms with Crippen molar-refractivity contribution in [2.75, 3.05) is 6.61 Å². The van der Waals surface area contributed by atoms with Crippen molar-refractivity contribution in [3.63, 3.8) is 0 Å². The molecule has 0 aromatic carbocycles. The van der Waals surface area contributed by atoms with Gasteiger partial charge in [0.2, 0.25) is 0 Å². The molecule has 1 saturated carbocycles. The highest BCUT2D eigenvalue weighted by Gasteiger charge is 2.47. The van der Waals surface area contributed by atoms with Gasteiger partial charge >= 0.3 is 0 Å². The summed E-state index contributed by atoms with van der Waals surface area (Å²) in [5.41, 5.74) is 11.5. The Morgan fingerprint density at radius 1 is 1.44 bits per heavy atom. The third-order valence-corrected chi connectivity index (χ3v) is 2.31. The van der Waals surface area contributed by atoms with Gasteiger partial charge in [0.1, 0.15) is 0 Å². The zero-order chi connectivity index (χ0) is 6.48. The predicted octanol–water partition coefficient (Wildman–Crippen LogP) is -0.796. The van der Waals surface area contributed by atoms with E-state index in [1.54, 1.807) is 0 Å². The summed E-state index contributed by atoms with van der Waals surface area (Å²) in [6.45, 7) is 0.714. The third-order valence-electron chi connectivity index (χ3n) is 2.31. The van der Waals surface area contributed by atoms with Gasteiger partial charge < -0.3 is 16.2 Å². The largest absolute Gasteiger partial charge is 0.375 e. The summed E-state index contributed by atoms with van der Waals surface area (Å²) in [6.07, 6.45) is 2.17. The minimum atomic E-state index is -0.0654. The van der Waals surface area contributed by atoms with Crippen molar-refractivity contribution in [3.8, 4) is 0 Å². The molecule has 1 aliphatic carbocycles. The van der Waals surface area contributed by atoms with E-state index in [2.05, 4.69) is 0 Å². The quantitative estimate of drug-likeness (QED) is 0.449. The van der Waals surface area contributed by atoms with E-state index in [9.17, 15) is 0 Å². The Bertz CT molecular complexity index is 135. The zero-order valence-electron chi connectivity index (χ0n) is 5.34. The lowest BCUT2D eigenvalue weighted by atomic mass is 10.0. The Labute approximate surface area is 54.3 Å². The lowest BCUT2D eigenvalue weighted by molar-refractivity contribution is 0.0565. The first-order valence-corrected chi connectivity index (χ1v) is 3.36. The summed E-state index contributed by atoms with van der Waals surface area (Å²) >= 11 is 0. The van der Waals surface area contributed by atoms with Crippen LogP contribution in [0, 0.1) is 0 Å². The summed E-state index contributed by atoms with van der Waals surface area (Å²) < 4.78 is 5.32. The van der Waals surface area contributed by atoms with Crippen molar-refractivity contribution < 1.29 is 4.74 Å². The van der Waals surface area contributed by atoms with E-state index in [1.807, 2.05) is 0 Å². The summed E-state index contributed by atoms with van der Waals surface area (Å²) in [5, 5.41) is 0. The molecule has 3 nitrogen and oxygen atoms in total. The van der Waals surface area contributed by atoms with Gasteiger partial charge in [-0.25, -0.2) is 0 Å². The monoisotopic (exact) mass is 128 g/mol. The summed E-state index contributed by atoms with van der Waals surface area (Å²) in [6, 6.07) is 0.198. The van der Waals surface area contributed by atoms with Crippen molar-refractivity contribution in [1.82, 2.24) is 0 Å². The van der Waals surface area contributed by atoms with Gasteiger partial charge in [-0.1, -0.05) is 0 Å². The maximum Gasteiger partial charge on any atom is 0.0745 e. The van der Waals surface area contributed by atoms with Crippen LogP contribution in [-0.2, 0) is 4.74 Å². The number of ether oxygens (including phenoxy) is 1. The molecule has 52 valence electrons. The fourth-order valence-electron chi connectivity index (χ4n) is 1.81. The van der Waals surface area contributed by atoms with Crippen LogP contribution in [0.4, 0.5) is 0 Å². The van der Waals surface area contributed by atoms with E-state index in [4.69, 9.17) is 16.2 Å². The molecule has 0 radical (unpaired) electrons. The second kappa shape index (κ2) is 1.48. The van der Waals surface area contributed by atoms with E-state index in [-0.39, 0.29) is 17.7 Å². The molecule has 1 saturated heterocycles. The van der Waals surface area contributed by atoms with Gasteiger partial charge in [-0.15, -0.1) is 0 Å². The summed E-state index contributed by atoms with van der Waals surface area (Å²) in [5.74, 6) is 0. The fraction of sp³-hybridized carbons (Fsp3) is 1.00. The van der Waals surface area contributed by atoms with E-state index in [0.717, 1.165) is 12.8 Å². The van der Waals surface area contributed by atoms with Crippen molar-refractivity contribution in [3.05, 3.63) is 0 Å². The van der Waals surface area contributed by atoms with Crippen LogP contribution in [0.15, 0.2) is 0 Å². The Kier molecular flexibility index (Phi) is 0.928. The van der Waals surface area contributed by atoms with Gasteiger partial charge in [-0.3, -0.25) is 0 Å². The van der Waals surface area contributed by atoms with E-state index < -0.39 is 0 Å². The molecule has 2 aliphatic rings. The summed E-state index contributed by atoms with van der Waals surface area (Å²) in [4.78, 5) is 0. The molecule has 0 spiro atoms. The molecule has 0 amide bonds. The van der Waals surface area contributed by atoms with E-state index >= 15 is 0 Å². The van der Waals surface area contributed by atoms with Gasteiger partial charge in [-0.2, -0.15) is 0 Å². The number of hydrogen-bond acceptors (Lipinski definition) is 3. The van der Waals surface area contributed by atoms with Gasteiger partial charge in [0.05, 0.1) is 12.7 Å². The normalized spacial score (nSPS) is 56.7. The second-order valence-electron chi connectivity index (χ2n) is 3.28. The van der Waals surface area contributed by atoms with Crippen LogP contribution < -0.4 is 11.5 Å². The lowest BCUT2D eigenvalue weighted by Crippen LogP contribution is -2.44. The smallest absolute Gasteiger partial charge is 0.0745 e. The van der Waals surface area contributed by atoms with Gasteiger partial charge in [0, 0.05) is 11.6 Å². The lowest BCUT2D eigenvalue weighted by Gasteiger charge is -2.23. The van der Waals surface area contributed by atoms with Gasteiger partial charge in [-0.05, 0) is 12.8 Å². The molecule has 0 aromatic heterocycles. The van der Waals surface area contributed by atoms with Gasteiger partial charge in [0.25, 0.3) is 0 Å². The first-order valence-electron chi connectivity index (χ1n) is 3.36. The molecule has 9 heavy (non-hydrogen) atoms. The highest BCUT2D eigenvalue weighted by molar-refractivity contribution is 5.05. The third kappa shape index (κ3) is 0.689. The van der Waals surface area contributed by atoms with Crippen molar-refractivity contribution in [2.45, 2.75) is 30.5 Å². The molecule has 1 aliphatic heterocycles. The molecule has 1 heterocycles. The zero-order valence-corrected chi connectivity index (χ0v) is 5.34. The highest BCUT2D eigenvalue weighted by Crippen LogP contribution is 2.35. The number of nitrogens with two attached hydrogens (primary N) is 2. The average Bonchev–Trinajstić information content (AvgIpc) is 2.20. The van der Waals surface area contributed by atoms with Crippen LogP contribution in [0.25, 0.3) is 0 Å². The minimum Gasteiger partial charge on any atom is -0.375 e. The van der Waals surface area contributed by atoms with E-state index in [1.165, 1.54) is 0 Å². The first-order chi connectivity index (χ1) is 4.20. The maximum absolute atomic E-state index is 5.89. The number of fused-ring (bicyclic) bond motifs is 2. The topological polar surface area (TPSA) is 61.3 Å². The van der Waals surface area contributed by atoms with E-state index in [0.29, 0.717) is 6.61 Å². The Balaban J connectivity index is 2.19. The molecular weight excluding hydrogens is 116 g/mol. The van der Waals surface area contributed by atoms with Crippen LogP contribution in [0.1, 0.15) is 12.8 Å². The SMILES string of the molecule is NC1C[C@@]2(N)COC1C2. The molecule has 2 fully saturated rings. The van der Waals surface area contributed by atoms with Crippen LogP contribution >= 0.6 is 0 Å². The summed E-state index contributed by atoms with van der Waals surface area (Å²) in [7, 11) is 0. The molecule has 2 rings (SSSR count). The maximum atomic E-state index is 5.89. The molecular formula is C6H12N2O. The number of rotatable bonds is 0. The minimum absolute atomic E-state index is 0.0654. The van der Waals surface area contributed by atoms with Crippen LogP contribution in [0.5, 0.6) is 0 Å². The molecule has 2 unspecified atom stereocenters. The molecule has 3 atom stereocenters. The first kappa shape index (κ1) is 5.65. The average molecular weight is 128 g/mol. The molecule has 4 N–H and O–H groups in total. The second-order valence-corrected chi connectivity index (χ2v) is 3.28. The van der Waals surface area contributed by atoms with Crippen LogP contribution in [0.3, 0.4) is 0 Å². The van der Waals surface area contributed by atoms with Crippen molar-refractivity contribution in [1.29, 1.82) is 0 Å². The van der Waals surface area contributed by atoms with Crippen LogP contribution in [-0.4, -0.2) is 24.3 Å². The standard InChI is InChI=1S/C6H12N2O/c7-4-1-6(8)2-5(4)9-3-6/h4-5H,1-3,7-8H2/t4?,5?,6-/m0/s1. The Morgan fingerprint density at radius 3 is 2.44 bits per heavy atom. The van der Waals surface area contributed by atoms with Gasteiger partial charge in [0.15, 0.2) is 0 Å². The molecule has 3 heteroatoms. The van der Waals surface area contributed by atoms with Crippen molar-refractivity contribution >= 4 is 0 Å². The predicted molar refractivity (Wildman–Crippen MR) is 33.9 cm³/mol. The molecule has 0 aromatic rings. The number of hydrogen-bond donors (Lipinski definition) is 2. The Morgan fingerprint density at radius 2 is 2.22 bits per heavy atom. The Hall–Kier alpha value is -0.120. The van der Waals surface area contributed by atoms with Crippen molar-refractivity contribution in [2.24, 2.45) is 11.5 Å². The highest BCUT2D eigenvalue weighted by atomic mass is 16.5. The molecule has 2 bridgehead atoms. The van der Waals surface area contributed by atoms with Crippen LogP contribution in [0.2, 0.25) is 0 Å². The fourth-order valence-corrected chi connectivity index (χ4v) is 1.81.